The van der Waals surface area contributed by atoms with E-state index in [0.29, 0.717) is 5.56 Å². The number of hydrogen-bond acceptors (Lipinski definition) is 9. The summed E-state index contributed by atoms with van der Waals surface area (Å²) >= 11 is 0. The number of benzene rings is 2. The van der Waals surface area contributed by atoms with Crippen molar-refractivity contribution in [2.75, 3.05) is 12.4 Å². The van der Waals surface area contributed by atoms with Crippen LogP contribution in [-0.2, 0) is 21.5 Å². The van der Waals surface area contributed by atoms with Crippen LogP contribution in [0.4, 0.5) is 10.5 Å². The van der Waals surface area contributed by atoms with Crippen molar-refractivity contribution in [2.24, 2.45) is 5.92 Å². The number of ether oxygens (including phenoxy) is 1. The van der Waals surface area contributed by atoms with Crippen molar-refractivity contribution < 1.29 is 23.5 Å². The number of carbonyl (C=O) groups excluding carboxylic acids is 3. The number of Topliss-reactive ketones (excluding diaryl/α,β-unsaturated/α-hetero) is 1. The number of hydrogen-bond donors (Lipinski definition) is 2. The lowest BCUT2D eigenvalue weighted by atomic mass is 9.85. The largest absolute Gasteiger partial charge is 0.453 e. The molecule has 0 spiro atoms. The van der Waals surface area contributed by atoms with Gasteiger partial charge in [-0.15, -0.1) is 10.2 Å². The lowest BCUT2D eigenvalue weighted by Gasteiger charge is -2.21. The minimum atomic E-state index is -1.02. The van der Waals surface area contributed by atoms with Gasteiger partial charge in [0.15, 0.2) is 0 Å². The predicted molar refractivity (Wildman–Crippen MR) is 154 cm³/mol. The molecule has 0 aliphatic heterocycles. The Balaban J connectivity index is 1.60. The summed E-state index contributed by atoms with van der Waals surface area (Å²) in [5, 5.41) is 13.1. The summed E-state index contributed by atoms with van der Waals surface area (Å²) in [6.45, 7) is 6.85. The molecule has 4 aromatic rings. The fraction of sp³-hybridized carbons (Fsp3) is 0.300. The van der Waals surface area contributed by atoms with E-state index in [-0.39, 0.29) is 29.2 Å². The number of nitrogens with zero attached hydrogens (tertiary/aromatic N) is 4. The molecule has 0 bridgehead atoms. The first kappa shape index (κ1) is 29.8. The van der Waals surface area contributed by atoms with Crippen LogP contribution in [0.2, 0.25) is 0 Å². The zero-order valence-electron chi connectivity index (χ0n) is 24.0. The SMILES string of the molecule is COC(=O)Nc1cnc(-c2ccccc2)n(CC(=O)N[C@H](C(=O)c2nnc(C(C)(C)c3ccccc3)o2)C(C)C)c1=O. The van der Waals surface area contributed by atoms with Crippen LogP contribution in [0.25, 0.3) is 11.4 Å². The Labute approximate surface area is 242 Å². The fourth-order valence-corrected chi connectivity index (χ4v) is 4.29. The summed E-state index contributed by atoms with van der Waals surface area (Å²) < 4.78 is 11.5. The van der Waals surface area contributed by atoms with Gasteiger partial charge in [0.1, 0.15) is 18.1 Å². The third-order valence-corrected chi connectivity index (χ3v) is 6.73. The van der Waals surface area contributed by atoms with Gasteiger partial charge in [-0.05, 0) is 25.3 Å². The van der Waals surface area contributed by atoms with E-state index in [4.69, 9.17) is 4.42 Å². The number of methoxy groups -OCH3 is 1. The number of carbonyl (C=O) groups is 3. The zero-order chi connectivity index (χ0) is 30.4. The van der Waals surface area contributed by atoms with E-state index in [0.717, 1.165) is 17.2 Å². The molecule has 0 saturated carbocycles. The standard InChI is InChI=1S/C30H32N6O6/c1-18(2)23(24(38)26-34-35-28(42-26)30(3,4)20-14-10-7-11-15-20)33-22(37)17-36-25(19-12-8-6-9-13-19)31-16-21(27(36)39)32-29(40)41-5/h6-16,18,23H,17H2,1-5H3,(H,32,40)(H,33,37)/t23-/m0/s1. The molecule has 12 nitrogen and oxygen atoms in total. The van der Waals surface area contributed by atoms with Crippen LogP contribution in [0.15, 0.2) is 76.1 Å². The lowest BCUT2D eigenvalue weighted by Crippen LogP contribution is -2.46. The summed E-state index contributed by atoms with van der Waals surface area (Å²) in [7, 11) is 1.16. The highest BCUT2D eigenvalue weighted by atomic mass is 16.5. The first-order chi connectivity index (χ1) is 20.0. The second-order valence-electron chi connectivity index (χ2n) is 10.4. The second kappa shape index (κ2) is 12.6. The Morgan fingerprint density at radius 1 is 1.00 bits per heavy atom. The molecule has 2 N–H and O–H groups in total. The van der Waals surface area contributed by atoms with E-state index in [9.17, 15) is 19.2 Å². The maximum Gasteiger partial charge on any atom is 0.411 e. The van der Waals surface area contributed by atoms with Gasteiger partial charge in [0.2, 0.25) is 17.6 Å². The van der Waals surface area contributed by atoms with E-state index >= 15 is 0 Å². The molecule has 218 valence electrons. The van der Waals surface area contributed by atoms with Gasteiger partial charge in [-0.25, -0.2) is 9.78 Å². The van der Waals surface area contributed by atoms with E-state index in [1.165, 1.54) is 6.20 Å². The number of rotatable bonds is 10. The van der Waals surface area contributed by atoms with Crippen molar-refractivity contribution in [2.45, 2.75) is 45.7 Å². The van der Waals surface area contributed by atoms with Gasteiger partial charge in [0.05, 0.1) is 24.8 Å². The van der Waals surface area contributed by atoms with Crippen LogP contribution in [-0.4, -0.2) is 50.7 Å². The Kier molecular flexibility index (Phi) is 8.94. The number of nitrogens with one attached hydrogen (secondary N) is 2. The molecule has 2 aromatic heterocycles. The summed E-state index contributed by atoms with van der Waals surface area (Å²) in [6.07, 6.45) is 0.331. The van der Waals surface area contributed by atoms with E-state index in [1.54, 1.807) is 44.2 Å². The molecule has 1 atom stereocenters. The minimum absolute atomic E-state index is 0.176. The third-order valence-electron chi connectivity index (χ3n) is 6.73. The van der Waals surface area contributed by atoms with Crippen LogP contribution in [0.1, 0.15) is 49.8 Å². The summed E-state index contributed by atoms with van der Waals surface area (Å²) in [5.74, 6) is -1.33. The van der Waals surface area contributed by atoms with Gasteiger partial charge < -0.3 is 14.5 Å². The molecule has 0 saturated heterocycles. The minimum Gasteiger partial charge on any atom is -0.453 e. The summed E-state index contributed by atoms with van der Waals surface area (Å²) in [4.78, 5) is 56.1. The number of ketones is 1. The lowest BCUT2D eigenvalue weighted by molar-refractivity contribution is -0.122. The monoisotopic (exact) mass is 572 g/mol. The van der Waals surface area contributed by atoms with Gasteiger partial charge in [-0.2, -0.15) is 0 Å². The van der Waals surface area contributed by atoms with E-state index in [2.05, 4.69) is 30.6 Å². The molecule has 0 radical (unpaired) electrons. The highest BCUT2D eigenvalue weighted by Gasteiger charge is 2.34. The Bertz CT molecular complexity index is 1630. The highest BCUT2D eigenvalue weighted by Crippen LogP contribution is 2.30. The number of amides is 2. The summed E-state index contributed by atoms with van der Waals surface area (Å²) in [6, 6.07) is 17.3. The van der Waals surface area contributed by atoms with Crippen molar-refractivity contribution >= 4 is 23.5 Å². The molecule has 4 rings (SSSR count). The van der Waals surface area contributed by atoms with Gasteiger partial charge in [0, 0.05) is 5.56 Å². The zero-order valence-corrected chi connectivity index (χ0v) is 24.0. The van der Waals surface area contributed by atoms with Crippen molar-refractivity contribution in [1.29, 1.82) is 0 Å². The molecule has 12 heteroatoms. The second-order valence-corrected chi connectivity index (χ2v) is 10.4. The van der Waals surface area contributed by atoms with Crippen molar-refractivity contribution in [3.63, 3.8) is 0 Å². The number of aromatic nitrogens is 4. The average molecular weight is 573 g/mol. The molecule has 0 unspecified atom stereocenters. The molecule has 42 heavy (non-hydrogen) atoms. The van der Waals surface area contributed by atoms with Crippen molar-refractivity contribution in [1.82, 2.24) is 25.1 Å². The topological polar surface area (TPSA) is 158 Å². The first-order valence-corrected chi connectivity index (χ1v) is 13.3. The van der Waals surface area contributed by atoms with Crippen LogP contribution in [0, 0.1) is 5.92 Å². The fourth-order valence-electron chi connectivity index (χ4n) is 4.29. The Hall–Kier alpha value is -5.13. The third kappa shape index (κ3) is 6.43. The van der Waals surface area contributed by atoms with Crippen LogP contribution < -0.4 is 16.2 Å². The van der Waals surface area contributed by atoms with Crippen molar-refractivity contribution in [3.8, 4) is 11.4 Å². The molecule has 2 heterocycles. The predicted octanol–water partition coefficient (Wildman–Crippen LogP) is 3.82. The smallest absolute Gasteiger partial charge is 0.411 e. The van der Waals surface area contributed by atoms with Crippen molar-refractivity contribution in [3.05, 3.63) is 94.6 Å². The van der Waals surface area contributed by atoms with Gasteiger partial charge in [0.25, 0.3) is 11.4 Å². The quantitative estimate of drug-likeness (QED) is 0.269. The molecule has 2 amide bonds. The molecular formula is C30H32N6O6. The molecule has 0 fully saturated rings. The highest BCUT2D eigenvalue weighted by molar-refractivity contribution is 5.98. The van der Waals surface area contributed by atoms with Crippen LogP contribution >= 0.6 is 0 Å². The van der Waals surface area contributed by atoms with Gasteiger partial charge in [-0.3, -0.25) is 24.3 Å². The average Bonchev–Trinajstić information content (AvgIpc) is 3.50. The molecule has 0 aliphatic carbocycles. The summed E-state index contributed by atoms with van der Waals surface area (Å²) in [5.41, 5.74) is -0.0116. The number of anilines is 1. The maximum atomic E-state index is 13.5. The molecule has 0 aliphatic rings. The van der Waals surface area contributed by atoms with E-state index < -0.39 is 41.3 Å². The molecular weight excluding hydrogens is 540 g/mol. The first-order valence-electron chi connectivity index (χ1n) is 13.3. The Morgan fingerprint density at radius 3 is 2.26 bits per heavy atom. The molecule has 2 aromatic carbocycles. The maximum absolute atomic E-state index is 13.5. The Morgan fingerprint density at radius 2 is 1.64 bits per heavy atom. The van der Waals surface area contributed by atoms with Gasteiger partial charge in [-0.1, -0.05) is 74.5 Å². The van der Waals surface area contributed by atoms with Gasteiger partial charge >= 0.3 is 6.09 Å². The normalized spacial score (nSPS) is 12.0. The van der Waals surface area contributed by atoms with Crippen LogP contribution in [0.3, 0.4) is 0 Å². The van der Waals surface area contributed by atoms with E-state index in [1.807, 2.05) is 44.2 Å². The van der Waals surface area contributed by atoms with Crippen LogP contribution in [0.5, 0.6) is 0 Å².